The topological polar surface area (TPSA) is 145 Å². The molecule has 2 atom stereocenters. The molecule has 0 aliphatic heterocycles. The van der Waals surface area contributed by atoms with Gasteiger partial charge in [-0.05, 0) is 23.8 Å². The molecule has 0 aliphatic rings. The van der Waals surface area contributed by atoms with Crippen LogP contribution < -0.4 is 0 Å². The van der Waals surface area contributed by atoms with Crippen molar-refractivity contribution in [3.05, 3.63) is 29.8 Å². The minimum atomic E-state index is -2.05. The molecule has 114 valence electrons. The molecular weight excluding hydrogens is 284 g/mol. The van der Waals surface area contributed by atoms with E-state index in [4.69, 9.17) is 15.3 Å². The van der Waals surface area contributed by atoms with Gasteiger partial charge in [-0.25, -0.2) is 9.59 Å². The molecule has 0 heterocycles. The molecule has 8 nitrogen and oxygen atoms in total. The lowest BCUT2D eigenvalue weighted by Crippen LogP contribution is -2.37. The molecular formula is C13H14O8. The van der Waals surface area contributed by atoms with Crippen molar-refractivity contribution in [2.45, 2.75) is 12.2 Å². The number of hydrogen-bond donors (Lipinski definition) is 5. The van der Waals surface area contributed by atoms with Crippen molar-refractivity contribution in [3.8, 4) is 11.5 Å². The van der Waals surface area contributed by atoms with Gasteiger partial charge in [0.1, 0.15) is 12.7 Å². The zero-order chi connectivity index (χ0) is 16.0. The van der Waals surface area contributed by atoms with E-state index in [1.807, 2.05) is 0 Å². The smallest absolute Gasteiger partial charge is 0.335 e. The third kappa shape index (κ3) is 5.13. The fraction of sp³-hybridized carbons (Fsp3) is 0.231. The van der Waals surface area contributed by atoms with E-state index >= 15 is 0 Å². The van der Waals surface area contributed by atoms with Crippen LogP contribution >= 0.6 is 0 Å². The first kappa shape index (κ1) is 16.5. The van der Waals surface area contributed by atoms with E-state index in [0.29, 0.717) is 5.56 Å². The Labute approximate surface area is 119 Å². The fourth-order valence-corrected chi connectivity index (χ4v) is 1.28. The van der Waals surface area contributed by atoms with E-state index < -0.39 is 30.8 Å². The highest BCUT2D eigenvalue weighted by molar-refractivity contribution is 5.87. The number of aliphatic carboxylic acids is 1. The number of phenols is 2. The summed E-state index contributed by atoms with van der Waals surface area (Å²) in [6, 6.07) is 3.87. The number of benzene rings is 1. The number of carbonyl (C=O) groups excluding carboxylic acids is 1. The molecule has 1 aromatic carbocycles. The van der Waals surface area contributed by atoms with Gasteiger partial charge in [0, 0.05) is 6.08 Å². The summed E-state index contributed by atoms with van der Waals surface area (Å²) in [4.78, 5) is 21.7. The Morgan fingerprint density at radius 2 is 1.86 bits per heavy atom. The monoisotopic (exact) mass is 298 g/mol. The summed E-state index contributed by atoms with van der Waals surface area (Å²) in [6.07, 6.45) is -1.53. The highest BCUT2D eigenvalue weighted by Crippen LogP contribution is 2.25. The zero-order valence-corrected chi connectivity index (χ0v) is 10.7. The highest BCUT2D eigenvalue weighted by Gasteiger charge is 2.24. The number of carboxylic acids is 1. The van der Waals surface area contributed by atoms with Crippen LogP contribution in [0, 0.1) is 0 Å². The quantitative estimate of drug-likeness (QED) is 0.267. The van der Waals surface area contributed by atoms with E-state index in [-0.39, 0.29) is 11.5 Å². The predicted octanol–water partition coefficient (Wildman–Crippen LogP) is -0.539. The highest BCUT2D eigenvalue weighted by atomic mass is 16.5. The number of carbonyl (C=O) groups is 2. The van der Waals surface area contributed by atoms with Crippen LogP contribution in [0.1, 0.15) is 5.56 Å². The number of hydrogen-bond acceptors (Lipinski definition) is 7. The van der Waals surface area contributed by atoms with Gasteiger partial charge < -0.3 is 30.3 Å². The van der Waals surface area contributed by atoms with Crippen molar-refractivity contribution >= 4 is 18.0 Å². The molecule has 0 spiro atoms. The van der Waals surface area contributed by atoms with E-state index in [0.717, 1.165) is 6.08 Å². The van der Waals surface area contributed by atoms with Crippen LogP contribution in [0.5, 0.6) is 11.5 Å². The third-order valence-electron chi connectivity index (χ3n) is 2.43. The molecule has 0 aromatic heterocycles. The maximum Gasteiger partial charge on any atom is 0.335 e. The minimum absolute atomic E-state index is 0.305. The summed E-state index contributed by atoms with van der Waals surface area (Å²) in [5.41, 5.74) is 0.411. The molecule has 0 radical (unpaired) electrons. The maximum absolute atomic E-state index is 11.3. The van der Waals surface area contributed by atoms with Crippen LogP contribution in [-0.4, -0.2) is 56.3 Å². The summed E-state index contributed by atoms with van der Waals surface area (Å²) < 4.78 is 4.54. The van der Waals surface area contributed by atoms with Crippen molar-refractivity contribution in [3.63, 3.8) is 0 Å². The Morgan fingerprint density at radius 1 is 1.19 bits per heavy atom. The molecule has 0 unspecified atom stereocenters. The molecule has 0 saturated heterocycles. The second-order valence-corrected chi connectivity index (χ2v) is 4.06. The normalized spacial score (nSPS) is 13.8. The van der Waals surface area contributed by atoms with Crippen LogP contribution in [0.3, 0.4) is 0 Å². The molecule has 8 heteroatoms. The van der Waals surface area contributed by atoms with Gasteiger partial charge >= 0.3 is 11.9 Å². The second kappa shape index (κ2) is 7.27. The summed E-state index contributed by atoms with van der Waals surface area (Å²) >= 11 is 0. The van der Waals surface area contributed by atoms with Crippen molar-refractivity contribution in [1.82, 2.24) is 0 Å². The van der Waals surface area contributed by atoms with Crippen LogP contribution in [0.2, 0.25) is 0 Å². The Bertz CT molecular complexity index is 551. The molecule has 0 saturated carbocycles. The zero-order valence-electron chi connectivity index (χ0n) is 10.7. The maximum atomic E-state index is 11.3. The molecule has 0 amide bonds. The second-order valence-electron chi connectivity index (χ2n) is 4.06. The van der Waals surface area contributed by atoms with Gasteiger partial charge in [0.2, 0.25) is 0 Å². The van der Waals surface area contributed by atoms with Gasteiger partial charge in [-0.15, -0.1) is 0 Å². The van der Waals surface area contributed by atoms with Gasteiger partial charge in [0.15, 0.2) is 17.6 Å². The number of ether oxygens (including phenoxy) is 1. The minimum Gasteiger partial charge on any atom is -0.504 e. The lowest BCUT2D eigenvalue weighted by Gasteiger charge is -2.13. The summed E-state index contributed by atoms with van der Waals surface area (Å²) in [5, 5.41) is 44.9. The lowest BCUT2D eigenvalue weighted by molar-refractivity contribution is -0.159. The molecule has 1 aromatic rings. The van der Waals surface area contributed by atoms with Crippen LogP contribution in [-0.2, 0) is 14.3 Å². The average Bonchev–Trinajstić information content (AvgIpc) is 2.44. The predicted molar refractivity (Wildman–Crippen MR) is 69.4 cm³/mol. The number of aromatic hydroxyl groups is 2. The van der Waals surface area contributed by atoms with Crippen LogP contribution in [0.4, 0.5) is 0 Å². The van der Waals surface area contributed by atoms with E-state index in [1.54, 1.807) is 0 Å². The molecule has 5 N–H and O–H groups in total. The first-order valence-electron chi connectivity index (χ1n) is 5.77. The Balaban J connectivity index is 2.51. The number of aliphatic hydroxyl groups is 2. The summed E-state index contributed by atoms with van der Waals surface area (Å²) in [5.74, 6) is -3.17. The number of phenolic OH excluding ortho intramolecular Hbond substituents is 2. The van der Waals surface area contributed by atoms with Gasteiger partial charge in [-0.2, -0.15) is 0 Å². The summed E-state index contributed by atoms with van der Waals surface area (Å²) in [7, 11) is 0. The van der Waals surface area contributed by atoms with Gasteiger partial charge in [-0.1, -0.05) is 6.07 Å². The van der Waals surface area contributed by atoms with Gasteiger partial charge in [0.25, 0.3) is 0 Å². The molecule has 21 heavy (non-hydrogen) atoms. The van der Waals surface area contributed by atoms with Crippen molar-refractivity contribution in [2.24, 2.45) is 0 Å². The first-order valence-corrected chi connectivity index (χ1v) is 5.77. The molecule has 1 rings (SSSR count). The van der Waals surface area contributed by atoms with E-state index in [2.05, 4.69) is 4.74 Å². The number of esters is 1. The Hall–Kier alpha value is -2.58. The summed E-state index contributed by atoms with van der Waals surface area (Å²) in [6.45, 7) is -0.683. The van der Waals surface area contributed by atoms with Crippen LogP contribution in [0.15, 0.2) is 24.3 Å². The largest absolute Gasteiger partial charge is 0.504 e. The van der Waals surface area contributed by atoms with Gasteiger partial charge in [0.05, 0.1) is 0 Å². The fourth-order valence-electron chi connectivity index (χ4n) is 1.28. The average molecular weight is 298 g/mol. The Morgan fingerprint density at radius 3 is 2.43 bits per heavy atom. The van der Waals surface area contributed by atoms with Crippen molar-refractivity contribution in [2.75, 3.05) is 6.61 Å². The van der Waals surface area contributed by atoms with Crippen LogP contribution in [0.25, 0.3) is 6.08 Å². The number of aliphatic hydroxyl groups excluding tert-OH is 2. The Kier molecular flexibility index (Phi) is 5.70. The SMILES string of the molecule is O=C(/C=C/c1ccc(O)c(O)c1)OC[C@H](O)[C@@H](O)C(=O)O. The molecule has 0 aliphatic carbocycles. The lowest BCUT2D eigenvalue weighted by atomic mass is 10.2. The standard InChI is InChI=1S/C13H14O8/c14-8-3-1-7(5-9(8)15)2-4-11(17)21-6-10(16)12(18)13(19)20/h1-5,10,12,14-16,18H,6H2,(H,19,20)/b4-2+/t10-,12+/m0/s1. The van der Waals surface area contributed by atoms with Crippen molar-refractivity contribution in [1.29, 1.82) is 0 Å². The van der Waals surface area contributed by atoms with Crippen molar-refractivity contribution < 1.29 is 39.9 Å². The van der Waals surface area contributed by atoms with E-state index in [9.17, 15) is 19.8 Å². The van der Waals surface area contributed by atoms with Gasteiger partial charge in [-0.3, -0.25) is 0 Å². The first-order chi connectivity index (χ1) is 9.81. The number of carboxylic acid groups (broad SMARTS) is 1. The molecule has 0 fully saturated rings. The van der Waals surface area contributed by atoms with E-state index in [1.165, 1.54) is 24.3 Å². The number of rotatable bonds is 6. The molecule has 0 bridgehead atoms. The third-order valence-corrected chi connectivity index (χ3v) is 2.43.